The number of hydrogen-bond donors (Lipinski definition) is 0. The first-order valence-electron chi connectivity index (χ1n) is 5.91. The molecule has 2 rings (SSSR count). The predicted molar refractivity (Wildman–Crippen MR) is 80.9 cm³/mol. The predicted octanol–water partition coefficient (Wildman–Crippen LogP) is 2.77. The third kappa shape index (κ3) is 2.80. The van der Waals surface area contributed by atoms with Crippen molar-refractivity contribution < 1.29 is 0 Å². The van der Waals surface area contributed by atoms with Crippen molar-refractivity contribution in [3.8, 4) is 0 Å². The van der Waals surface area contributed by atoms with E-state index < -0.39 is 0 Å². The normalized spacial score (nSPS) is 10.6. The van der Waals surface area contributed by atoms with Crippen LogP contribution in [0.5, 0.6) is 0 Å². The highest BCUT2D eigenvalue weighted by molar-refractivity contribution is 14.1. The summed E-state index contributed by atoms with van der Waals surface area (Å²) in [6, 6.07) is 8.34. The Morgan fingerprint density at radius 3 is 2.44 bits per heavy atom. The van der Waals surface area contributed by atoms with E-state index in [0.717, 1.165) is 17.7 Å². The summed E-state index contributed by atoms with van der Waals surface area (Å²) in [5, 5.41) is 0. The van der Waals surface area contributed by atoms with E-state index in [1.54, 1.807) is 10.9 Å². The molecule has 3 nitrogen and oxygen atoms in total. The molecule has 1 aromatic carbocycles. The highest BCUT2D eigenvalue weighted by Gasteiger charge is 2.05. The highest BCUT2D eigenvalue weighted by Crippen LogP contribution is 2.07. The van der Waals surface area contributed by atoms with Crippen molar-refractivity contribution in [1.29, 1.82) is 0 Å². The van der Waals surface area contributed by atoms with Crippen LogP contribution in [0.3, 0.4) is 0 Å². The van der Waals surface area contributed by atoms with Crippen LogP contribution in [0.1, 0.15) is 23.7 Å². The van der Waals surface area contributed by atoms with Crippen LogP contribution < -0.4 is 5.56 Å². The Labute approximate surface area is 120 Å². The molecule has 0 aliphatic heterocycles. The van der Waals surface area contributed by atoms with Gasteiger partial charge < -0.3 is 0 Å². The molecule has 0 spiro atoms. The molecule has 0 atom stereocenters. The Balaban J connectivity index is 2.28. The fourth-order valence-electron chi connectivity index (χ4n) is 1.74. The lowest BCUT2D eigenvalue weighted by Crippen LogP contribution is -2.24. The van der Waals surface area contributed by atoms with Gasteiger partial charge in [0.2, 0.25) is 0 Å². The lowest BCUT2D eigenvalue weighted by atomic mass is 10.1. The molecule has 18 heavy (non-hydrogen) atoms. The molecule has 2 aromatic rings. The molecule has 0 saturated heterocycles. The van der Waals surface area contributed by atoms with Gasteiger partial charge in [0.05, 0.1) is 22.1 Å². The summed E-state index contributed by atoms with van der Waals surface area (Å²) in [6.07, 6.45) is 2.65. The molecule has 0 radical (unpaired) electrons. The van der Waals surface area contributed by atoms with Gasteiger partial charge in [0.15, 0.2) is 0 Å². The van der Waals surface area contributed by atoms with Crippen molar-refractivity contribution in [2.24, 2.45) is 0 Å². The first kappa shape index (κ1) is 13.3. The van der Waals surface area contributed by atoms with Gasteiger partial charge in [-0.1, -0.05) is 31.2 Å². The molecule has 0 bridgehead atoms. The number of benzene rings is 1. The zero-order valence-corrected chi connectivity index (χ0v) is 12.6. The maximum atomic E-state index is 12.0. The largest absolute Gasteiger partial charge is 0.294 e. The van der Waals surface area contributed by atoms with E-state index in [2.05, 4.69) is 58.8 Å². The van der Waals surface area contributed by atoms with Gasteiger partial charge in [-0.3, -0.25) is 9.36 Å². The van der Waals surface area contributed by atoms with Gasteiger partial charge in [0, 0.05) is 0 Å². The van der Waals surface area contributed by atoms with E-state index in [1.165, 1.54) is 5.56 Å². The van der Waals surface area contributed by atoms with Crippen molar-refractivity contribution in [3.63, 3.8) is 0 Å². The minimum atomic E-state index is 0.0302. The molecule has 0 fully saturated rings. The summed E-state index contributed by atoms with van der Waals surface area (Å²) < 4.78 is 2.34. The van der Waals surface area contributed by atoms with Crippen LogP contribution in [0.4, 0.5) is 0 Å². The first-order valence-corrected chi connectivity index (χ1v) is 6.99. The van der Waals surface area contributed by atoms with E-state index in [0.29, 0.717) is 10.1 Å². The third-order valence-corrected chi connectivity index (χ3v) is 4.18. The van der Waals surface area contributed by atoms with E-state index >= 15 is 0 Å². The van der Waals surface area contributed by atoms with E-state index in [4.69, 9.17) is 0 Å². The van der Waals surface area contributed by atoms with Crippen molar-refractivity contribution in [2.75, 3.05) is 0 Å². The molecular formula is C14H15IN2O. The maximum absolute atomic E-state index is 12.0. The minimum absolute atomic E-state index is 0.0302. The van der Waals surface area contributed by atoms with Gasteiger partial charge in [0.25, 0.3) is 5.56 Å². The Bertz CT molecular complexity index is 602. The van der Waals surface area contributed by atoms with Crippen molar-refractivity contribution >= 4 is 22.6 Å². The number of hydrogen-bond acceptors (Lipinski definition) is 2. The second kappa shape index (κ2) is 5.65. The average Bonchev–Trinajstić information content (AvgIpc) is 2.40. The average molecular weight is 354 g/mol. The quantitative estimate of drug-likeness (QED) is 0.795. The van der Waals surface area contributed by atoms with Gasteiger partial charge >= 0.3 is 0 Å². The number of nitrogens with zero attached hydrogens (tertiary/aromatic N) is 2. The van der Waals surface area contributed by atoms with Crippen LogP contribution in [-0.2, 0) is 13.0 Å². The Kier molecular flexibility index (Phi) is 4.16. The lowest BCUT2D eigenvalue weighted by molar-refractivity contribution is 0.723. The molecule has 0 amide bonds. The van der Waals surface area contributed by atoms with Crippen LogP contribution in [0.15, 0.2) is 35.4 Å². The smallest absolute Gasteiger partial charge is 0.267 e. The summed E-state index contributed by atoms with van der Waals surface area (Å²) >= 11 is 2.05. The molecule has 0 unspecified atom stereocenters. The Morgan fingerprint density at radius 2 is 1.83 bits per heavy atom. The second-order valence-corrected chi connectivity index (χ2v) is 5.33. The topological polar surface area (TPSA) is 34.9 Å². The van der Waals surface area contributed by atoms with Crippen molar-refractivity contribution in [3.05, 3.63) is 61.3 Å². The number of halogens is 1. The van der Waals surface area contributed by atoms with Crippen LogP contribution in [0, 0.1) is 10.5 Å². The molecule has 1 heterocycles. The van der Waals surface area contributed by atoms with Crippen LogP contribution in [0.2, 0.25) is 0 Å². The summed E-state index contributed by atoms with van der Waals surface area (Å²) in [7, 11) is 0. The SMILES string of the molecule is CCc1ccc(Cn2cnc(C)c(I)c2=O)cc1. The van der Waals surface area contributed by atoms with Gasteiger partial charge in [0.1, 0.15) is 0 Å². The van der Waals surface area contributed by atoms with E-state index in [1.807, 2.05) is 6.92 Å². The first-order chi connectivity index (χ1) is 8.61. The zero-order chi connectivity index (χ0) is 13.1. The Hall–Kier alpha value is -1.17. The van der Waals surface area contributed by atoms with Crippen LogP contribution in [0.25, 0.3) is 0 Å². The van der Waals surface area contributed by atoms with Crippen molar-refractivity contribution in [1.82, 2.24) is 9.55 Å². The summed E-state index contributed by atoms with van der Waals surface area (Å²) in [5.74, 6) is 0. The molecule has 0 aliphatic rings. The highest BCUT2D eigenvalue weighted by atomic mass is 127. The fraction of sp³-hybridized carbons (Fsp3) is 0.286. The van der Waals surface area contributed by atoms with E-state index in [-0.39, 0.29) is 5.56 Å². The van der Waals surface area contributed by atoms with Crippen LogP contribution in [-0.4, -0.2) is 9.55 Å². The molecular weight excluding hydrogens is 339 g/mol. The zero-order valence-electron chi connectivity index (χ0n) is 10.5. The van der Waals surface area contributed by atoms with Gasteiger partial charge in [-0.25, -0.2) is 4.98 Å². The number of rotatable bonds is 3. The van der Waals surface area contributed by atoms with Crippen molar-refractivity contribution in [2.45, 2.75) is 26.8 Å². The standard InChI is InChI=1S/C14H15IN2O/c1-3-11-4-6-12(7-5-11)8-17-9-16-10(2)13(15)14(17)18/h4-7,9H,3,8H2,1-2H3. The summed E-state index contributed by atoms with van der Waals surface area (Å²) in [4.78, 5) is 16.3. The summed E-state index contributed by atoms with van der Waals surface area (Å²) in [6.45, 7) is 4.56. The van der Waals surface area contributed by atoms with Crippen LogP contribution >= 0.6 is 22.6 Å². The molecule has 94 valence electrons. The minimum Gasteiger partial charge on any atom is -0.294 e. The Morgan fingerprint density at radius 1 is 1.22 bits per heavy atom. The fourth-order valence-corrected chi connectivity index (χ4v) is 2.19. The van der Waals surface area contributed by atoms with E-state index in [9.17, 15) is 4.79 Å². The molecule has 0 N–H and O–H groups in total. The second-order valence-electron chi connectivity index (χ2n) is 4.25. The number of aryl methyl sites for hydroxylation is 2. The molecule has 1 aromatic heterocycles. The summed E-state index contributed by atoms with van der Waals surface area (Å²) in [5.41, 5.74) is 3.25. The molecule has 0 saturated carbocycles. The molecule has 4 heteroatoms. The third-order valence-electron chi connectivity index (χ3n) is 2.94. The van der Waals surface area contributed by atoms with Gasteiger partial charge in [-0.05, 0) is 47.1 Å². The molecule has 0 aliphatic carbocycles. The number of aromatic nitrogens is 2. The van der Waals surface area contributed by atoms with Gasteiger partial charge in [-0.2, -0.15) is 0 Å². The lowest BCUT2D eigenvalue weighted by Gasteiger charge is -2.07. The van der Waals surface area contributed by atoms with Gasteiger partial charge in [-0.15, -0.1) is 0 Å². The monoisotopic (exact) mass is 354 g/mol. The maximum Gasteiger partial charge on any atom is 0.267 e.